The van der Waals surface area contributed by atoms with Crippen LogP contribution < -0.4 is 14.5 Å². The molecule has 1 aliphatic heterocycles. The van der Waals surface area contributed by atoms with E-state index >= 15 is 0 Å². The topological polar surface area (TPSA) is 33.5 Å². The van der Waals surface area contributed by atoms with Crippen molar-refractivity contribution in [3.63, 3.8) is 0 Å². The van der Waals surface area contributed by atoms with Crippen LogP contribution >= 0.6 is 0 Å². The quantitative estimate of drug-likeness (QED) is 0.108. The summed E-state index contributed by atoms with van der Waals surface area (Å²) >= 11 is 0. The number of nitrogens with zero attached hydrogens (tertiary/aromatic N) is 4. The molecule has 0 fully saturated rings. The number of ether oxygens (including phenoxy) is 1. The van der Waals surface area contributed by atoms with Crippen LogP contribution in [0.2, 0.25) is 0 Å². The van der Waals surface area contributed by atoms with Gasteiger partial charge in [0.2, 0.25) is 0 Å². The Morgan fingerprint density at radius 3 is 1.70 bits per heavy atom. The summed E-state index contributed by atoms with van der Waals surface area (Å²) in [6.45, 7) is 34.3. The Balaban J connectivity index is 0.00000768. The van der Waals surface area contributed by atoms with Gasteiger partial charge >= 0.3 is 0 Å². The molecule has 86 heavy (non-hydrogen) atoms. The second kappa shape index (κ2) is 23.0. The zero-order valence-corrected chi connectivity index (χ0v) is 54.6. The summed E-state index contributed by atoms with van der Waals surface area (Å²) in [5.74, 6) is 2.70. The molecule has 0 radical (unpaired) electrons. The maximum absolute atomic E-state index is 7.16. The van der Waals surface area contributed by atoms with Gasteiger partial charge < -0.3 is 19.1 Å². The molecule has 438 valence electrons. The minimum absolute atomic E-state index is 0. The number of aromatic nitrogens is 2. The van der Waals surface area contributed by atoms with Gasteiger partial charge in [-0.15, -0.1) is 53.6 Å². The van der Waals surface area contributed by atoms with Crippen LogP contribution in [0.25, 0.3) is 49.9 Å². The van der Waals surface area contributed by atoms with Gasteiger partial charge in [0, 0.05) is 72.2 Å². The smallest absolute Gasteiger partial charge is 0.135 e. The first kappa shape index (κ1) is 59.7. The summed E-state index contributed by atoms with van der Waals surface area (Å²) in [7, 11) is 0. The number of fused-ring (bicyclic) bond motifs is 4. The third-order valence-corrected chi connectivity index (χ3v) is 17.8. The normalized spacial score (nSPS) is 13.0. The third-order valence-electron chi connectivity index (χ3n) is 17.8. The summed E-state index contributed by atoms with van der Waals surface area (Å²) in [5.41, 5.74) is 20.0. The van der Waals surface area contributed by atoms with Crippen LogP contribution in [0.3, 0.4) is 0 Å². The fraction of sp³-hybridized carbons (Fsp3) is 0.250. The SMILES string of the molecule is CC(C)c1cccc(C(C)C)c1-c1ccc2c(c1)N(c1[c-]c(Oc3[c-]c4c(cc3)c3cc(C(C)(C)c5ccccc5)ccc3n4-c3cc(C(C)(C)C)ccn3)cc(C(C)(C)C)c1)[CH-]N2c1cc(-c2ccccc2)cc(C(C)(C)c2ccccc2)c1.[Pt]. The molecule has 0 bridgehead atoms. The van der Waals surface area contributed by atoms with Gasteiger partial charge in [-0.2, -0.15) is 6.07 Å². The molecule has 11 aromatic rings. The molecule has 1 aliphatic rings. The second-order valence-electron chi connectivity index (χ2n) is 27.1. The summed E-state index contributed by atoms with van der Waals surface area (Å²) in [5, 5.41) is 2.22. The van der Waals surface area contributed by atoms with Crippen molar-refractivity contribution in [1.82, 2.24) is 9.55 Å². The van der Waals surface area contributed by atoms with Crippen LogP contribution in [-0.4, -0.2) is 9.55 Å². The van der Waals surface area contributed by atoms with Gasteiger partial charge in [0.1, 0.15) is 5.82 Å². The zero-order chi connectivity index (χ0) is 59.7. The van der Waals surface area contributed by atoms with Crippen molar-refractivity contribution < 1.29 is 25.8 Å². The summed E-state index contributed by atoms with van der Waals surface area (Å²) in [6.07, 6.45) is 1.93. The van der Waals surface area contributed by atoms with E-state index in [0.29, 0.717) is 23.3 Å². The third kappa shape index (κ3) is 11.2. The van der Waals surface area contributed by atoms with E-state index in [-0.39, 0.29) is 42.7 Å². The van der Waals surface area contributed by atoms with Crippen LogP contribution in [0, 0.1) is 18.8 Å². The van der Waals surface area contributed by atoms with E-state index in [1.807, 2.05) is 6.20 Å². The first-order chi connectivity index (χ1) is 40.5. The maximum atomic E-state index is 7.16. The number of benzene rings is 9. The fourth-order valence-electron chi connectivity index (χ4n) is 12.4. The molecule has 6 heteroatoms. The molecule has 3 heterocycles. The van der Waals surface area contributed by atoms with E-state index in [1.165, 1.54) is 55.6 Å². The Hall–Kier alpha value is -7.98. The average Bonchev–Trinajstić information content (AvgIpc) is 1.63. The molecule has 0 saturated heterocycles. The van der Waals surface area contributed by atoms with Gasteiger partial charge in [-0.1, -0.05) is 236 Å². The van der Waals surface area contributed by atoms with Crippen molar-refractivity contribution in [2.24, 2.45) is 0 Å². The Labute approximate surface area is 526 Å². The largest absolute Gasteiger partial charge is 0.509 e. The van der Waals surface area contributed by atoms with Crippen LogP contribution in [0.5, 0.6) is 11.5 Å². The Bertz CT molecular complexity index is 4250. The summed E-state index contributed by atoms with van der Waals surface area (Å²) in [4.78, 5) is 9.76. The summed E-state index contributed by atoms with van der Waals surface area (Å²) < 4.78 is 9.42. The molecule has 0 unspecified atom stereocenters. The van der Waals surface area contributed by atoms with Crippen LogP contribution in [-0.2, 0) is 42.7 Å². The molecular formula is C80H79N4OPt-3. The minimum atomic E-state index is -0.300. The van der Waals surface area contributed by atoms with Crippen molar-refractivity contribution in [3.05, 3.63) is 270 Å². The monoisotopic (exact) mass is 1310 g/mol. The van der Waals surface area contributed by atoms with E-state index in [4.69, 9.17) is 9.72 Å². The van der Waals surface area contributed by atoms with Gasteiger partial charge in [-0.25, -0.2) is 4.98 Å². The van der Waals surface area contributed by atoms with Crippen molar-refractivity contribution in [1.29, 1.82) is 0 Å². The molecule has 2 aromatic heterocycles. The number of pyridine rings is 1. The molecule has 0 amide bonds. The van der Waals surface area contributed by atoms with Gasteiger partial charge in [0.15, 0.2) is 0 Å². The molecular weight excluding hydrogens is 1230 g/mol. The van der Waals surface area contributed by atoms with E-state index in [9.17, 15) is 0 Å². The second-order valence-corrected chi connectivity index (χ2v) is 27.1. The van der Waals surface area contributed by atoms with Gasteiger partial charge in [-0.05, 0) is 132 Å². The van der Waals surface area contributed by atoms with E-state index in [2.05, 4.69) is 330 Å². The van der Waals surface area contributed by atoms with E-state index in [1.54, 1.807) is 0 Å². The Kier molecular flexibility index (Phi) is 16.0. The molecule has 5 nitrogen and oxygen atoms in total. The molecule has 0 saturated carbocycles. The van der Waals surface area contributed by atoms with Crippen LogP contribution in [0.15, 0.2) is 206 Å². The van der Waals surface area contributed by atoms with Crippen molar-refractivity contribution in [2.75, 3.05) is 9.80 Å². The molecule has 12 rings (SSSR count). The molecule has 0 spiro atoms. The van der Waals surface area contributed by atoms with Crippen molar-refractivity contribution in [2.45, 2.75) is 130 Å². The molecule has 0 atom stereocenters. The average molecular weight is 1310 g/mol. The standard InChI is InChI=1S/C80H79N4O.Pt/c1-52(2)67-31-24-32-68(53(3)4)76(67)55-33-37-72-74(43-55)83(51-82(72)63-42-56(54-25-18-15-19-26-54)41-62(45-63)80(13,14)58-29-22-17-23-30-58)64-44-61(78(8,9)10)46-66(49-64)85-65-35-36-69-70-47-60(79(11,12)57-27-20-16-21-28-57)34-38-71(70)84(73(69)50-65)75-48-59(39-40-81-75)77(5,6)7;/h15-48,51-53H,1-14H3;/q-3;. The van der Waals surface area contributed by atoms with Crippen molar-refractivity contribution in [3.8, 4) is 39.6 Å². The Morgan fingerprint density at radius 2 is 1.07 bits per heavy atom. The first-order valence-corrected chi connectivity index (χ1v) is 30.3. The number of anilines is 4. The zero-order valence-electron chi connectivity index (χ0n) is 52.4. The molecule has 0 aliphatic carbocycles. The van der Waals surface area contributed by atoms with E-state index in [0.717, 1.165) is 61.5 Å². The predicted octanol–water partition coefficient (Wildman–Crippen LogP) is 21.8. The van der Waals surface area contributed by atoms with Crippen LogP contribution in [0.1, 0.15) is 153 Å². The van der Waals surface area contributed by atoms with Crippen molar-refractivity contribution >= 4 is 44.6 Å². The van der Waals surface area contributed by atoms with Gasteiger partial charge in [0.25, 0.3) is 0 Å². The number of hydrogen-bond acceptors (Lipinski definition) is 4. The molecule has 0 N–H and O–H groups in total. The predicted molar refractivity (Wildman–Crippen MR) is 358 cm³/mol. The molecule has 9 aromatic carbocycles. The summed E-state index contributed by atoms with van der Waals surface area (Å²) in [6, 6.07) is 81.1. The maximum Gasteiger partial charge on any atom is 0.135 e. The fourth-order valence-corrected chi connectivity index (χ4v) is 12.4. The van der Waals surface area contributed by atoms with Crippen LogP contribution in [0.4, 0.5) is 22.7 Å². The number of rotatable bonds is 13. The minimum Gasteiger partial charge on any atom is -0.509 e. The van der Waals surface area contributed by atoms with Gasteiger partial charge in [0.05, 0.1) is 0 Å². The number of hydrogen-bond donors (Lipinski definition) is 0. The van der Waals surface area contributed by atoms with Gasteiger partial charge in [-0.3, -0.25) is 0 Å². The first-order valence-electron chi connectivity index (χ1n) is 30.3. The Morgan fingerprint density at radius 1 is 0.442 bits per heavy atom. The van der Waals surface area contributed by atoms with E-state index < -0.39 is 0 Å².